The Kier molecular flexibility index (Phi) is 3.22. The van der Waals surface area contributed by atoms with Gasteiger partial charge in [0.2, 0.25) is 5.88 Å². The molecule has 2 N–H and O–H groups in total. The van der Waals surface area contributed by atoms with Crippen molar-refractivity contribution in [3.8, 4) is 5.88 Å². The van der Waals surface area contributed by atoms with E-state index in [-0.39, 0.29) is 18.1 Å². The number of carboxylic acids is 1. The van der Waals surface area contributed by atoms with Gasteiger partial charge in [-0.3, -0.25) is 0 Å². The Hall–Kier alpha value is -2.44. The number of pyridine rings is 1. The molecule has 0 atom stereocenters. The monoisotopic (exact) mass is 251 g/mol. The Morgan fingerprint density at radius 2 is 2.28 bits per heavy atom. The van der Waals surface area contributed by atoms with E-state index in [1.807, 2.05) is 6.92 Å². The average molecular weight is 251 g/mol. The fraction of sp³-hybridized carbons (Fsp3) is 0.182. The number of aromatic nitrogens is 3. The first-order chi connectivity index (χ1) is 8.56. The Bertz CT molecular complexity index is 583. The zero-order valence-electron chi connectivity index (χ0n) is 9.48. The van der Waals surface area contributed by atoms with E-state index in [0.717, 1.165) is 18.0 Å². The topological polar surface area (TPSA) is 88.1 Å². The van der Waals surface area contributed by atoms with Crippen LogP contribution in [0.25, 0.3) is 0 Å². The summed E-state index contributed by atoms with van der Waals surface area (Å²) >= 11 is 0. The van der Waals surface area contributed by atoms with E-state index in [1.165, 1.54) is 0 Å². The van der Waals surface area contributed by atoms with Gasteiger partial charge in [-0.25, -0.2) is 19.2 Å². The molecule has 94 valence electrons. The van der Waals surface area contributed by atoms with E-state index in [1.54, 1.807) is 6.20 Å². The minimum atomic E-state index is -1.30. The summed E-state index contributed by atoms with van der Waals surface area (Å²) < 4.78 is 18.1. The van der Waals surface area contributed by atoms with Crippen LogP contribution in [-0.4, -0.2) is 26.0 Å². The summed E-state index contributed by atoms with van der Waals surface area (Å²) in [6.07, 6.45) is 2.52. The second-order valence-corrected chi connectivity index (χ2v) is 3.61. The molecule has 0 aliphatic carbocycles. The lowest BCUT2D eigenvalue weighted by molar-refractivity contribution is 0.0689. The van der Waals surface area contributed by atoms with Crippen LogP contribution in [0.15, 0.2) is 18.5 Å². The number of ether oxygens (including phenoxy) is 1. The molecule has 0 bridgehead atoms. The molecule has 7 heteroatoms. The largest absolute Gasteiger partial charge is 0.477 e. The summed E-state index contributed by atoms with van der Waals surface area (Å²) in [6, 6.07) is 0.859. The molecule has 0 spiro atoms. The fourth-order valence-corrected chi connectivity index (χ4v) is 1.37. The van der Waals surface area contributed by atoms with Crippen molar-refractivity contribution in [2.75, 3.05) is 0 Å². The first-order valence-corrected chi connectivity index (χ1v) is 5.08. The van der Waals surface area contributed by atoms with Crippen LogP contribution in [0.3, 0.4) is 0 Å². The van der Waals surface area contributed by atoms with E-state index < -0.39 is 11.8 Å². The first kappa shape index (κ1) is 12.0. The van der Waals surface area contributed by atoms with Gasteiger partial charge in [0.05, 0.1) is 6.20 Å². The van der Waals surface area contributed by atoms with Crippen LogP contribution in [0, 0.1) is 12.7 Å². The van der Waals surface area contributed by atoms with Gasteiger partial charge in [-0.2, -0.15) is 0 Å². The number of aromatic amines is 1. The first-order valence-electron chi connectivity index (χ1n) is 5.08. The van der Waals surface area contributed by atoms with Crippen molar-refractivity contribution in [1.29, 1.82) is 0 Å². The number of aryl methyl sites for hydroxylation is 1. The number of carboxylic acid groups (broad SMARTS) is 1. The summed E-state index contributed by atoms with van der Waals surface area (Å²) in [7, 11) is 0. The van der Waals surface area contributed by atoms with Crippen LogP contribution in [0.1, 0.15) is 21.9 Å². The molecule has 2 aromatic heterocycles. The number of carbonyl (C=O) groups is 1. The number of H-pyrrole nitrogens is 1. The van der Waals surface area contributed by atoms with Crippen LogP contribution in [0.4, 0.5) is 4.39 Å². The van der Waals surface area contributed by atoms with Gasteiger partial charge in [0.15, 0.2) is 0 Å². The van der Waals surface area contributed by atoms with E-state index in [4.69, 9.17) is 9.84 Å². The molecule has 0 amide bonds. The molecule has 18 heavy (non-hydrogen) atoms. The molecule has 2 heterocycles. The Balaban J connectivity index is 2.16. The highest BCUT2D eigenvalue weighted by molar-refractivity contribution is 5.90. The van der Waals surface area contributed by atoms with Crippen LogP contribution in [0.5, 0.6) is 5.88 Å². The highest BCUT2D eigenvalue weighted by atomic mass is 19.1. The number of aromatic carboxylic acids is 1. The van der Waals surface area contributed by atoms with Crippen molar-refractivity contribution in [3.05, 3.63) is 41.4 Å². The van der Waals surface area contributed by atoms with Crippen molar-refractivity contribution in [1.82, 2.24) is 15.0 Å². The molecule has 0 aromatic carbocycles. The van der Waals surface area contributed by atoms with Crippen molar-refractivity contribution in [3.63, 3.8) is 0 Å². The minimum absolute atomic E-state index is 0.0345. The third kappa shape index (κ3) is 2.62. The zero-order valence-corrected chi connectivity index (χ0v) is 9.48. The summed E-state index contributed by atoms with van der Waals surface area (Å²) in [6.45, 7) is 1.86. The number of imidazole rings is 1. The van der Waals surface area contributed by atoms with Gasteiger partial charge in [0, 0.05) is 11.9 Å². The molecule has 0 unspecified atom stereocenters. The van der Waals surface area contributed by atoms with Crippen LogP contribution >= 0.6 is 0 Å². The van der Waals surface area contributed by atoms with Crippen molar-refractivity contribution >= 4 is 5.97 Å². The van der Waals surface area contributed by atoms with Gasteiger partial charge in [-0.05, 0) is 13.0 Å². The minimum Gasteiger partial charge on any atom is -0.477 e. The molecule has 0 aliphatic rings. The van der Waals surface area contributed by atoms with E-state index in [9.17, 15) is 9.18 Å². The molecular formula is C11H10FN3O3. The van der Waals surface area contributed by atoms with Crippen molar-refractivity contribution in [2.45, 2.75) is 13.5 Å². The highest BCUT2D eigenvalue weighted by Crippen LogP contribution is 2.17. The molecule has 6 nitrogen and oxygen atoms in total. The lowest BCUT2D eigenvalue weighted by atomic mass is 10.3. The van der Waals surface area contributed by atoms with Crippen LogP contribution < -0.4 is 4.74 Å². The SMILES string of the molecule is Cc1cnc(COc2ncc(F)cc2C(=O)O)[nH]1. The van der Waals surface area contributed by atoms with Gasteiger partial charge in [0.1, 0.15) is 23.8 Å². The van der Waals surface area contributed by atoms with Gasteiger partial charge in [0.25, 0.3) is 0 Å². The molecule has 0 saturated carbocycles. The van der Waals surface area contributed by atoms with Gasteiger partial charge in [-0.15, -0.1) is 0 Å². The highest BCUT2D eigenvalue weighted by Gasteiger charge is 2.14. The quantitative estimate of drug-likeness (QED) is 0.860. The summed E-state index contributed by atoms with van der Waals surface area (Å²) in [5, 5.41) is 8.88. The predicted octanol–water partition coefficient (Wildman–Crippen LogP) is 1.53. The normalized spacial score (nSPS) is 10.3. The predicted molar refractivity (Wildman–Crippen MR) is 58.8 cm³/mol. The molecular weight excluding hydrogens is 241 g/mol. The van der Waals surface area contributed by atoms with Crippen LogP contribution in [0.2, 0.25) is 0 Å². The van der Waals surface area contributed by atoms with Gasteiger partial charge in [-0.1, -0.05) is 0 Å². The van der Waals surface area contributed by atoms with E-state index in [0.29, 0.717) is 5.82 Å². The lowest BCUT2D eigenvalue weighted by Gasteiger charge is -2.06. The molecule has 0 saturated heterocycles. The second kappa shape index (κ2) is 4.82. The summed E-state index contributed by atoms with van der Waals surface area (Å²) in [4.78, 5) is 21.4. The number of rotatable bonds is 4. The number of nitrogens with one attached hydrogen (secondary N) is 1. The molecule has 0 aliphatic heterocycles. The number of hydrogen-bond donors (Lipinski definition) is 2. The number of hydrogen-bond acceptors (Lipinski definition) is 4. The molecule has 2 aromatic rings. The zero-order chi connectivity index (χ0) is 13.1. The van der Waals surface area contributed by atoms with Gasteiger partial charge < -0.3 is 14.8 Å². The standard InChI is InChI=1S/C11H10FN3O3/c1-6-3-13-9(15-6)5-18-10-8(11(16)17)2-7(12)4-14-10/h2-4H,5H2,1H3,(H,13,15)(H,16,17). The smallest absolute Gasteiger partial charge is 0.341 e. The Labute approximate surface area is 101 Å². The Morgan fingerprint density at radius 3 is 2.89 bits per heavy atom. The summed E-state index contributed by atoms with van der Waals surface area (Å²) in [5.41, 5.74) is 0.539. The third-order valence-electron chi connectivity index (χ3n) is 2.15. The van der Waals surface area contributed by atoms with Gasteiger partial charge >= 0.3 is 5.97 Å². The third-order valence-corrected chi connectivity index (χ3v) is 2.15. The average Bonchev–Trinajstić information content (AvgIpc) is 2.73. The maximum Gasteiger partial charge on any atom is 0.341 e. The van der Waals surface area contributed by atoms with Crippen LogP contribution in [-0.2, 0) is 6.61 Å². The second-order valence-electron chi connectivity index (χ2n) is 3.61. The molecule has 0 fully saturated rings. The number of nitrogens with zero attached hydrogens (tertiary/aromatic N) is 2. The molecule has 2 rings (SSSR count). The van der Waals surface area contributed by atoms with E-state index >= 15 is 0 Å². The molecule has 0 radical (unpaired) electrons. The Morgan fingerprint density at radius 1 is 1.50 bits per heavy atom. The number of halogens is 1. The lowest BCUT2D eigenvalue weighted by Crippen LogP contribution is -2.06. The van der Waals surface area contributed by atoms with E-state index in [2.05, 4.69) is 15.0 Å². The summed E-state index contributed by atoms with van der Waals surface area (Å²) in [5.74, 6) is -1.63. The maximum absolute atomic E-state index is 12.9. The fourth-order valence-electron chi connectivity index (χ4n) is 1.37. The van der Waals surface area contributed by atoms with Crippen molar-refractivity contribution in [2.24, 2.45) is 0 Å². The maximum atomic E-state index is 12.9. The van der Waals surface area contributed by atoms with Crippen molar-refractivity contribution < 1.29 is 19.0 Å².